The Hall–Kier alpha value is 0. The predicted octanol–water partition coefficient (Wildman–Crippen LogP) is 4.25. The number of hydrogen-bond acceptors (Lipinski definition) is 0. The normalized spacial score (nSPS) is 25.0. The van der Waals surface area contributed by atoms with E-state index in [9.17, 15) is 0 Å². The van der Waals surface area contributed by atoms with Crippen LogP contribution >= 0.6 is 0 Å². The summed E-state index contributed by atoms with van der Waals surface area (Å²) < 4.78 is 0. The molecule has 0 aromatic carbocycles. The Morgan fingerprint density at radius 2 is 1.75 bits per heavy atom. The van der Waals surface area contributed by atoms with Crippen LogP contribution < -0.4 is 0 Å². The van der Waals surface area contributed by atoms with Crippen LogP contribution in [0, 0.1) is 17.3 Å². The first-order chi connectivity index (χ1) is 5.62. The lowest BCUT2D eigenvalue weighted by Crippen LogP contribution is -2.14. The molecule has 0 N–H and O–H groups in total. The van der Waals surface area contributed by atoms with Crippen molar-refractivity contribution >= 4 is 0 Å². The first kappa shape index (κ1) is 10.1. The third-order valence-electron chi connectivity index (χ3n) is 3.90. The van der Waals surface area contributed by atoms with Crippen LogP contribution in [0.4, 0.5) is 0 Å². The van der Waals surface area contributed by atoms with E-state index >= 15 is 0 Å². The third kappa shape index (κ3) is 2.24. The van der Waals surface area contributed by atoms with Gasteiger partial charge in [0.2, 0.25) is 0 Å². The quantitative estimate of drug-likeness (QED) is 0.575. The first-order valence-corrected chi connectivity index (χ1v) is 5.62. The summed E-state index contributed by atoms with van der Waals surface area (Å²) in [6.07, 6.45) is 7.18. The summed E-state index contributed by atoms with van der Waals surface area (Å²) in [7, 11) is 0. The fourth-order valence-electron chi connectivity index (χ4n) is 2.20. The minimum absolute atomic E-state index is 0.748. The van der Waals surface area contributed by atoms with Crippen LogP contribution in [0.25, 0.3) is 0 Å². The van der Waals surface area contributed by atoms with Gasteiger partial charge >= 0.3 is 0 Å². The van der Waals surface area contributed by atoms with Crippen LogP contribution in [0.3, 0.4) is 0 Å². The molecule has 0 heteroatoms. The molecule has 1 rings (SSSR count). The monoisotopic (exact) mass is 168 g/mol. The summed E-state index contributed by atoms with van der Waals surface area (Å²) in [5, 5.41) is 0. The molecule has 0 radical (unpaired) electrons. The lowest BCUT2D eigenvalue weighted by molar-refractivity contribution is 0.260. The molecule has 1 fully saturated rings. The molecule has 2 atom stereocenters. The van der Waals surface area contributed by atoms with Crippen LogP contribution in [0.2, 0.25) is 0 Å². The number of rotatable bonds is 5. The highest BCUT2D eigenvalue weighted by atomic mass is 14.5. The molecule has 1 saturated carbocycles. The molecule has 72 valence electrons. The summed E-state index contributed by atoms with van der Waals surface area (Å²) in [6.45, 7) is 9.54. The molecule has 0 heterocycles. The highest BCUT2D eigenvalue weighted by Gasteiger charge is 2.43. The van der Waals surface area contributed by atoms with E-state index in [0.29, 0.717) is 0 Å². The van der Waals surface area contributed by atoms with Gasteiger partial charge in [-0.3, -0.25) is 0 Å². The second-order valence-corrected chi connectivity index (χ2v) is 5.01. The summed E-state index contributed by atoms with van der Waals surface area (Å²) in [4.78, 5) is 0. The molecule has 0 aromatic rings. The maximum atomic E-state index is 2.48. The van der Waals surface area contributed by atoms with Crippen LogP contribution in [0.5, 0.6) is 0 Å². The Morgan fingerprint density at radius 3 is 2.08 bits per heavy atom. The van der Waals surface area contributed by atoms with E-state index in [4.69, 9.17) is 0 Å². The Labute approximate surface area is 77.7 Å². The van der Waals surface area contributed by atoms with Gasteiger partial charge in [-0.25, -0.2) is 0 Å². The zero-order valence-electron chi connectivity index (χ0n) is 9.19. The van der Waals surface area contributed by atoms with E-state index in [-0.39, 0.29) is 0 Å². The first-order valence-electron chi connectivity index (χ1n) is 5.62. The topological polar surface area (TPSA) is 0 Å². The summed E-state index contributed by atoms with van der Waals surface area (Å²) in [5.41, 5.74) is 0.748. The Morgan fingerprint density at radius 1 is 1.17 bits per heavy atom. The van der Waals surface area contributed by atoms with Gasteiger partial charge in [0.15, 0.2) is 0 Å². The minimum atomic E-state index is 0.748. The van der Waals surface area contributed by atoms with E-state index in [0.717, 1.165) is 17.3 Å². The minimum Gasteiger partial charge on any atom is -0.0651 e. The molecule has 0 amide bonds. The van der Waals surface area contributed by atoms with Gasteiger partial charge in [-0.15, -0.1) is 0 Å². The molecule has 0 saturated heterocycles. The maximum Gasteiger partial charge on any atom is -0.0297 e. The molecule has 1 aliphatic carbocycles. The predicted molar refractivity (Wildman–Crippen MR) is 55.2 cm³/mol. The van der Waals surface area contributed by atoms with Crippen molar-refractivity contribution in [2.45, 2.75) is 59.8 Å². The lowest BCUT2D eigenvalue weighted by Gasteiger charge is -2.24. The largest absolute Gasteiger partial charge is 0.0651 e. The van der Waals surface area contributed by atoms with Gasteiger partial charge in [0, 0.05) is 0 Å². The summed E-state index contributed by atoms with van der Waals surface area (Å²) in [5.74, 6) is 1.94. The zero-order valence-corrected chi connectivity index (χ0v) is 9.19. The highest BCUT2D eigenvalue weighted by molar-refractivity contribution is 4.94. The van der Waals surface area contributed by atoms with E-state index in [2.05, 4.69) is 27.7 Å². The molecule has 12 heavy (non-hydrogen) atoms. The third-order valence-corrected chi connectivity index (χ3v) is 3.90. The standard InChI is InChI=1S/C12H24/c1-5-10(3)9-11(6-2)12(4)7-8-12/h10-11H,5-9H2,1-4H3. The van der Waals surface area contributed by atoms with Crippen molar-refractivity contribution in [1.29, 1.82) is 0 Å². The molecule has 0 aromatic heterocycles. The van der Waals surface area contributed by atoms with Crippen LogP contribution in [-0.4, -0.2) is 0 Å². The molecular formula is C12H24. The van der Waals surface area contributed by atoms with E-state index in [1.807, 2.05) is 0 Å². The smallest absolute Gasteiger partial charge is 0.0297 e. The fraction of sp³-hybridized carbons (Fsp3) is 1.00. The second-order valence-electron chi connectivity index (χ2n) is 5.01. The second kappa shape index (κ2) is 3.81. The fourth-order valence-corrected chi connectivity index (χ4v) is 2.20. The zero-order chi connectivity index (χ0) is 9.19. The number of hydrogen-bond donors (Lipinski definition) is 0. The van der Waals surface area contributed by atoms with Gasteiger partial charge in [-0.2, -0.15) is 0 Å². The Bertz CT molecular complexity index is 133. The average Bonchev–Trinajstić information content (AvgIpc) is 2.79. The Balaban J connectivity index is 2.35. The molecule has 0 aliphatic heterocycles. The van der Waals surface area contributed by atoms with Gasteiger partial charge in [0.25, 0.3) is 0 Å². The van der Waals surface area contributed by atoms with Gasteiger partial charge in [-0.1, -0.05) is 40.5 Å². The Kier molecular flexibility index (Phi) is 3.20. The van der Waals surface area contributed by atoms with E-state index in [1.54, 1.807) is 0 Å². The molecule has 2 unspecified atom stereocenters. The van der Waals surface area contributed by atoms with Crippen molar-refractivity contribution in [3.05, 3.63) is 0 Å². The van der Waals surface area contributed by atoms with Crippen molar-refractivity contribution < 1.29 is 0 Å². The summed E-state index contributed by atoms with van der Waals surface area (Å²) in [6, 6.07) is 0. The van der Waals surface area contributed by atoms with E-state index < -0.39 is 0 Å². The maximum absolute atomic E-state index is 2.48. The molecule has 1 aliphatic rings. The highest BCUT2D eigenvalue weighted by Crippen LogP contribution is 2.54. The van der Waals surface area contributed by atoms with Crippen LogP contribution in [0.1, 0.15) is 59.8 Å². The van der Waals surface area contributed by atoms with Crippen LogP contribution in [-0.2, 0) is 0 Å². The molecular weight excluding hydrogens is 144 g/mol. The van der Waals surface area contributed by atoms with E-state index in [1.165, 1.54) is 32.1 Å². The lowest BCUT2D eigenvalue weighted by atomic mass is 9.81. The van der Waals surface area contributed by atoms with Crippen molar-refractivity contribution in [2.24, 2.45) is 17.3 Å². The van der Waals surface area contributed by atoms with Crippen molar-refractivity contribution in [2.75, 3.05) is 0 Å². The molecule has 0 nitrogen and oxygen atoms in total. The van der Waals surface area contributed by atoms with Gasteiger partial charge in [0.1, 0.15) is 0 Å². The van der Waals surface area contributed by atoms with Crippen molar-refractivity contribution in [3.8, 4) is 0 Å². The average molecular weight is 168 g/mol. The van der Waals surface area contributed by atoms with Gasteiger partial charge < -0.3 is 0 Å². The SMILES string of the molecule is CCC(C)CC(CC)C1(C)CC1. The van der Waals surface area contributed by atoms with Crippen LogP contribution in [0.15, 0.2) is 0 Å². The van der Waals surface area contributed by atoms with Crippen molar-refractivity contribution in [1.82, 2.24) is 0 Å². The molecule has 0 bridgehead atoms. The summed E-state index contributed by atoms with van der Waals surface area (Å²) >= 11 is 0. The van der Waals surface area contributed by atoms with Crippen molar-refractivity contribution in [3.63, 3.8) is 0 Å². The molecule has 0 spiro atoms. The van der Waals surface area contributed by atoms with Gasteiger partial charge in [-0.05, 0) is 36.5 Å². The van der Waals surface area contributed by atoms with Gasteiger partial charge in [0.05, 0.1) is 0 Å².